The van der Waals surface area contributed by atoms with Crippen molar-refractivity contribution in [3.05, 3.63) is 26.8 Å². The van der Waals surface area contributed by atoms with E-state index >= 15 is 0 Å². The highest BCUT2D eigenvalue weighted by Crippen LogP contribution is 2.22. The Morgan fingerprint density at radius 1 is 1.62 bits per heavy atom. The van der Waals surface area contributed by atoms with E-state index in [0.717, 1.165) is 6.07 Å². The molecular formula is C9H7F3INO2. The van der Waals surface area contributed by atoms with Gasteiger partial charge >= 0.3 is 5.97 Å². The lowest BCUT2D eigenvalue weighted by Crippen LogP contribution is -2.12. The number of hydrogen-bond acceptors (Lipinski definition) is 3. The molecule has 0 N–H and O–H groups in total. The summed E-state index contributed by atoms with van der Waals surface area (Å²) < 4.78 is 42.6. The molecule has 0 spiro atoms. The van der Waals surface area contributed by atoms with Crippen molar-refractivity contribution in [3.63, 3.8) is 0 Å². The Bertz CT molecular complexity index is 412. The molecule has 0 aliphatic rings. The van der Waals surface area contributed by atoms with Crippen LogP contribution in [0.2, 0.25) is 0 Å². The maximum Gasteiger partial charge on any atom is 0.360 e. The number of halogens is 4. The topological polar surface area (TPSA) is 39.2 Å². The molecule has 0 fully saturated rings. The van der Waals surface area contributed by atoms with E-state index in [-0.39, 0.29) is 10.2 Å². The Labute approximate surface area is 103 Å². The number of carbonyl (C=O) groups excluding carboxylic acids is 1. The minimum atomic E-state index is -2.86. The van der Waals surface area contributed by atoms with Gasteiger partial charge in [-0.25, -0.2) is 22.9 Å². The fourth-order valence-corrected chi connectivity index (χ4v) is 1.54. The van der Waals surface area contributed by atoms with E-state index < -0.39 is 29.6 Å². The molecule has 0 saturated carbocycles. The van der Waals surface area contributed by atoms with Crippen molar-refractivity contribution in [1.29, 1.82) is 0 Å². The van der Waals surface area contributed by atoms with E-state index in [1.165, 1.54) is 29.5 Å². The number of alkyl halides is 2. The van der Waals surface area contributed by atoms with Crippen molar-refractivity contribution in [2.75, 3.05) is 6.61 Å². The molecule has 0 aliphatic carbocycles. The monoisotopic (exact) mass is 345 g/mol. The first-order valence-corrected chi connectivity index (χ1v) is 5.36. The van der Waals surface area contributed by atoms with Gasteiger partial charge in [0.05, 0.1) is 10.2 Å². The normalized spacial score (nSPS) is 10.6. The van der Waals surface area contributed by atoms with Crippen LogP contribution >= 0.6 is 22.6 Å². The standard InChI is InChI=1S/C9H7F3INO2/c1-2-16-9(15)7-6(10)4(13)3-5(14-7)8(11)12/h3,8H,2H2,1H3. The minimum absolute atomic E-state index is 0.0233. The molecule has 0 radical (unpaired) electrons. The van der Waals surface area contributed by atoms with E-state index in [4.69, 9.17) is 0 Å². The van der Waals surface area contributed by atoms with E-state index in [1.807, 2.05) is 0 Å². The summed E-state index contributed by atoms with van der Waals surface area (Å²) >= 11 is 1.51. The number of hydrogen-bond donors (Lipinski definition) is 0. The Morgan fingerprint density at radius 2 is 2.25 bits per heavy atom. The fourth-order valence-electron chi connectivity index (χ4n) is 0.963. The highest BCUT2D eigenvalue weighted by molar-refractivity contribution is 14.1. The molecule has 0 bridgehead atoms. The summed E-state index contributed by atoms with van der Waals surface area (Å²) in [6.45, 7) is 1.55. The molecule has 0 aliphatic heterocycles. The zero-order valence-corrected chi connectivity index (χ0v) is 10.3. The molecule has 0 saturated heterocycles. The second-order valence-corrected chi connectivity index (χ2v) is 3.87. The van der Waals surface area contributed by atoms with Crippen molar-refractivity contribution in [2.24, 2.45) is 0 Å². The molecule has 0 aromatic carbocycles. The maximum absolute atomic E-state index is 13.4. The van der Waals surface area contributed by atoms with Crippen LogP contribution in [0.3, 0.4) is 0 Å². The molecule has 0 unspecified atom stereocenters. The highest BCUT2D eigenvalue weighted by Gasteiger charge is 2.21. The Balaban J connectivity index is 3.21. The van der Waals surface area contributed by atoms with Crippen molar-refractivity contribution in [2.45, 2.75) is 13.3 Å². The summed E-state index contributed by atoms with van der Waals surface area (Å²) in [5, 5.41) is 0. The first-order chi connectivity index (χ1) is 7.47. The summed E-state index contributed by atoms with van der Waals surface area (Å²) in [5.41, 5.74) is -1.35. The number of pyridine rings is 1. The predicted molar refractivity (Wildman–Crippen MR) is 57.8 cm³/mol. The van der Waals surface area contributed by atoms with Crippen molar-refractivity contribution in [3.8, 4) is 0 Å². The molecule has 3 nitrogen and oxygen atoms in total. The number of nitrogens with zero attached hydrogens (tertiary/aromatic N) is 1. The first-order valence-electron chi connectivity index (χ1n) is 4.28. The van der Waals surface area contributed by atoms with Crippen LogP contribution in [0, 0.1) is 9.39 Å². The Hall–Kier alpha value is -0.860. The first kappa shape index (κ1) is 13.2. The smallest absolute Gasteiger partial charge is 0.360 e. The third-order valence-corrected chi connectivity index (χ3v) is 2.41. The van der Waals surface area contributed by atoms with E-state index in [1.54, 1.807) is 0 Å². The molecule has 1 aromatic heterocycles. The van der Waals surface area contributed by atoms with E-state index in [2.05, 4.69) is 9.72 Å². The molecule has 1 rings (SSSR count). The van der Waals surface area contributed by atoms with Gasteiger partial charge in [0.1, 0.15) is 5.69 Å². The third-order valence-electron chi connectivity index (χ3n) is 1.63. The zero-order chi connectivity index (χ0) is 12.3. The van der Waals surface area contributed by atoms with Crippen molar-refractivity contribution in [1.82, 2.24) is 4.98 Å². The Morgan fingerprint density at radius 3 is 2.75 bits per heavy atom. The molecule has 16 heavy (non-hydrogen) atoms. The van der Waals surface area contributed by atoms with Gasteiger partial charge in [0.2, 0.25) is 0 Å². The van der Waals surface area contributed by atoms with E-state index in [9.17, 15) is 18.0 Å². The van der Waals surface area contributed by atoms with Crippen LogP contribution in [-0.4, -0.2) is 17.6 Å². The quantitative estimate of drug-likeness (QED) is 0.625. The molecule has 0 amide bonds. The van der Waals surface area contributed by atoms with Crippen molar-refractivity contribution >= 4 is 28.6 Å². The van der Waals surface area contributed by atoms with Crippen LogP contribution in [0.25, 0.3) is 0 Å². The summed E-state index contributed by atoms with van der Waals surface area (Å²) in [6, 6.07) is 0.892. The average Bonchev–Trinajstić information content (AvgIpc) is 2.21. The van der Waals surface area contributed by atoms with Gasteiger partial charge in [-0.05, 0) is 35.6 Å². The largest absolute Gasteiger partial charge is 0.461 e. The highest BCUT2D eigenvalue weighted by atomic mass is 127. The fraction of sp³-hybridized carbons (Fsp3) is 0.333. The van der Waals surface area contributed by atoms with Crippen LogP contribution in [0.1, 0.15) is 29.5 Å². The van der Waals surface area contributed by atoms with Gasteiger partial charge < -0.3 is 4.74 Å². The van der Waals surface area contributed by atoms with Crippen molar-refractivity contribution < 1.29 is 22.7 Å². The van der Waals surface area contributed by atoms with Gasteiger partial charge in [-0.1, -0.05) is 0 Å². The second-order valence-electron chi connectivity index (χ2n) is 2.71. The van der Waals surface area contributed by atoms with Gasteiger partial charge in [-0.2, -0.15) is 0 Å². The number of esters is 1. The summed E-state index contributed by atoms with van der Waals surface area (Å²) in [7, 11) is 0. The summed E-state index contributed by atoms with van der Waals surface area (Å²) in [4.78, 5) is 14.5. The number of ether oxygens (including phenoxy) is 1. The molecule has 7 heteroatoms. The number of carbonyl (C=O) groups is 1. The van der Waals surface area contributed by atoms with Gasteiger partial charge in [-0.15, -0.1) is 0 Å². The predicted octanol–water partition coefficient (Wildman–Crippen LogP) is 2.94. The molecule has 0 atom stereocenters. The second kappa shape index (κ2) is 5.46. The van der Waals surface area contributed by atoms with Gasteiger partial charge in [0, 0.05) is 0 Å². The van der Waals surface area contributed by atoms with Crippen LogP contribution in [0.4, 0.5) is 13.2 Å². The Kier molecular flexibility index (Phi) is 4.51. The van der Waals surface area contributed by atoms with Gasteiger partial charge in [-0.3, -0.25) is 0 Å². The molecule has 1 aromatic rings. The summed E-state index contributed by atoms with van der Waals surface area (Å²) in [5.74, 6) is -1.98. The number of aromatic nitrogens is 1. The zero-order valence-electron chi connectivity index (χ0n) is 8.14. The third kappa shape index (κ3) is 2.83. The number of rotatable bonds is 3. The van der Waals surface area contributed by atoms with Crippen LogP contribution in [0.15, 0.2) is 6.07 Å². The van der Waals surface area contributed by atoms with E-state index in [0.29, 0.717) is 0 Å². The maximum atomic E-state index is 13.4. The van der Waals surface area contributed by atoms with Gasteiger partial charge in [0.15, 0.2) is 11.5 Å². The lowest BCUT2D eigenvalue weighted by Gasteiger charge is -2.06. The lowest BCUT2D eigenvalue weighted by atomic mass is 10.3. The van der Waals surface area contributed by atoms with Crippen LogP contribution in [-0.2, 0) is 4.74 Å². The molecule has 88 valence electrons. The molecule has 1 heterocycles. The van der Waals surface area contributed by atoms with Crippen LogP contribution in [0.5, 0.6) is 0 Å². The SMILES string of the molecule is CCOC(=O)c1nc(C(F)F)cc(I)c1F. The minimum Gasteiger partial charge on any atom is -0.461 e. The average molecular weight is 345 g/mol. The van der Waals surface area contributed by atoms with Crippen LogP contribution < -0.4 is 0 Å². The lowest BCUT2D eigenvalue weighted by molar-refractivity contribution is 0.0511. The summed E-state index contributed by atoms with van der Waals surface area (Å²) in [6.07, 6.45) is -2.86. The van der Waals surface area contributed by atoms with Gasteiger partial charge in [0.25, 0.3) is 6.43 Å². The molecular weight excluding hydrogens is 338 g/mol.